The van der Waals surface area contributed by atoms with E-state index >= 15 is 0 Å². The van der Waals surface area contributed by atoms with E-state index in [1.165, 1.54) is 19.2 Å². The van der Waals surface area contributed by atoms with Gasteiger partial charge in [0, 0.05) is 6.07 Å². The number of ether oxygens (including phenoxy) is 1. The van der Waals surface area contributed by atoms with E-state index in [1.807, 2.05) is 7.05 Å². The normalized spacial score (nSPS) is 9.89. The van der Waals surface area contributed by atoms with Gasteiger partial charge in [-0.25, -0.2) is 0 Å². The van der Waals surface area contributed by atoms with E-state index in [1.54, 1.807) is 6.07 Å². The van der Waals surface area contributed by atoms with Gasteiger partial charge in [0.1, 0.15) is 5.75 Å². The molecular weight excluding hydrogens is 244 g/mol. The van der Waals surface area contributed by atoms with Crippen LogP contribution in [0.2, 0.25) is 0 Å². The van der Waals surface area contributed by atoms with E-state index < -0.39 is 4.92 Å². The van der Waals surface area contributed by atoms with Crippen LogP contribution in [0, 0.1) is 22.0 Å². The van der Waals surface area contributed by atoms with Gasteiger partial charge in [-0.15, -0.1) is 0 Å². The highest BCUT2D eigenvalue weighted by Gasteiger charge is 2.09. The van der Waals surface area contributed by atoms with Gasteiger partial charge in [-0.2, -0.15) is 0 Å². The Bertz CT molecular complexity index is 503. The molecule has 0 aromatic heterocycles. The summed E-state index contributed by atoms with van der Waals surface area (Å²) in [5, 5.41) is 10.7. The van der Waals surface area contributed by atoms with Gasteiger partial charge in [-0.3, -0.25) is 15.0 Å². The lowest BCUT2D eigenvalue weighted by molar-refractivity contribution is -0.384. The second-order valence-corrected chi connectivity index (χ2v) is 4.18. The molecule has 0 unspecified atom stereocenters. The fraction of sp³-hybridized carbons (Fsp3) is 0.429. The largest absolute Gasteiger partial charge is 0.495 e. The summed E-state index contributed by atoms with van der Waals surface area (Å²) < 4.78 is 5.12. The smallest absolute Gasteiger partial charge is 0.273 e. The van der Waals surface area contributed by atoms with Crippen LogP contribution >= 0.6 is 0 Å². The van der Waals surface area contributed by atoms with Gasteiger partial charge in [0.15, 0.2) is 0 Å². The van der Waals surface area contributed by atoms with Crippen LogP contribution in [0.15, 0.2) is 18.2 Å². The van der Waals surface area contributed by atoms with E-state index in [2.05, 4.69) is 23.7 Å². The van der Waals surface area contributed by atoms with Crippen molar-refractivity contribution in [3.8, 4) is 17.6 Å². The van der Waals surface area contributed by atoms with Crippen LogP contribution in [-0.2, 0) is 0 Å². The predicted molar refractivity (Wildman–Crippen MR) is 74.3 cm³/mol. The molecule has 0 aliphatic heterocycles. The molecule has 1 aromatic carbocycles. The van der Waals surface area contributed by atoms with Crippen molar-refractivity contribution in [2.24, 2.45) is 0 Å². The van der Waals surface area contributed by atoms with Crippen LogP contribution in [0.3, 0.4) is 0 Å². The summed E-state index contributed by atoms with van der Waals surface area (Å²) in [6.45, 7) is 3.77. The first-order valence-electron chi connectivity index (χ1n) is 6.08. The van der Waals surface area contributed by atoms with Gasteiger partial charge < -0.3 is 4.74 Å². The van der Waals surface area contributed by atoms with Crippen molar-refractivity contribution in [2.45, 2.75) is 13.3 Å². The lowest BCUT2D eigenvalue weighted by Gasteiger charge is -2.10. The number of nitro benzene ring substituents is 1. The Balaban J connectivity index is 2.84. The average Bonchev–Trinajstić information content (AvgIpc) is 2.39. The number of benzene rings is 1. The summed E-state index contributed by atoms with van der Waals surface area (Å²) in [5.41, 5.74) is 0.670. The second kappa shape index (κ2) is 7.39. The quantitative estimate of drug-likeness (QED) is 0.464. The standard InChI is InChI=1S/C14H18N2O3/c1-4-9-15(2)10-5-6-12-7-8-13(16(17)18)11-14(12)19-3/h7-8,11H,4,9-10H2,1-3H3. The lowest BCUT2D eigenvalue weighted by atomic mass is 10.2. The molecule has 0 heterocycles. The number of hydrogen-bond acceptors (Lipinski definition) is 4. The zero-order valence-corrected chi connectivity index (χ0v) is 11.5. The minimum atomic E-state index is -0.450. The van der Waals surface area contributed by atoms with Gasteiger partial charge >= 0.3 is 0 Å². The summed E-state index contributed by atoms with van der Waals surface area (Å²) in [6.07, 6.45) is 1.08. The summed E-state index contributed by atoms with van der Waals surface area (Å²) in [5.74, 6) is 6.45. The number of nitrogens with zero attached hydrogens (tertiary/aromatic N) is 2. The highest BCUT2D eigenvalue weighted by atomic mass is 16.6. The summed E-state index contributed by atoms with van der Waals surface area (Å²) >= 11 is 0. The fourth-order valence-corrected chi connectivity index (χ4v) is 1.63. The summed E-state index contributed by atoms with van der Waals surface area (Å²) in [4.78, 5) is 12.3. The van der Waals surface area contributed by atoms with Crippen molar-refractivity contribution in [1.29, 1.82) is 0 Å². The topological polar surface area (TPSA) is 55.6 Å². The van der Waals surface area contributed by atoms with Gasteiger partial charge in [-0.05, 0) is 26.1 Å². The van der Waals surface area contributed by atoms with Crippen molar-refractivity contribution in [3.05, 3.63) is 33.9 Å². The van der Waals surface area contributed by atoms with Crippen LogP contribution < -0.4 is 4.74 Å². The molecule has 0 radical (unpaired) electrons. The Hall–Kier alpha value is -2.06. The molecule has 0 saturated heterocycles. The summed E-state index contributed by atoms with van der Waals surface area (Å²) in [7, 11) is 3.48. The maximum atomic E-state index is 10.7. The minimum Gasteiger partial charge on any atom is -0.495 e. The molecule has 0 N–H and O–H groups in total. The first-order valence-corrected chi connectivity index (χ1v) is 6.08. The highest BCUT2D eigenvalue weighted by molar-refractivity contribution is 5.52. The Labute approximate surface area is 113 Å². The maximum absolute atomic E-state index is 10.7. The third kappa shape index (κ3) is 4.60. The molecule has 1 rings (SSSR count). The van der Waals surface area contributed by atoms with Crippen LogP contribution in [0.25, 0.3) is 0 Å². The van der Waals surface area contributed by atoms with Crippen molar-refractivity contribution < 1.29 is 9.66 Å². The number of non-ortho nitro benzene ring substituents is 1. The number of rotatable bonds is 5. The molecule has 1 aromatic rings. The van der Waals surface area contributed by atoms with Crippen LogP contribution in [0.4, 0.5) is 5.69 Å². The maximum Gasteiger partial charge on any atom is 0.273 e. The van der Waals surface area contributed by atoms with E-state index in [4.69, 9.17) is 4.74 Å². The van der Waals surface area contributed by atoms with E-state index in [0.29, 0.717) is 17.9 Å². The molecule has 5 nitrogen and oxygen atoms in total. The third-order valence-electron chi connectivity index (χ3n) is 2.57. The monoisotopic (exact) mass is 262 g/mol. The van der Waals surface area contributed by atoms with Crippen molar-refractivity contribution in [2.75, 3.05) is 27.2 Å². The molecule has 0 aliphatic carbocycles. The van der Waals surface area contributed by atoms with E-state index in [-0.39, 0.29) is 5.69 Å². The predicted octanol–water partition coefficient (Wildman–Crippen LogP) is 2.30. The Morgan fingerprint density at radius 3 is 2.79 bits per heavy atom. The molecule has 5 heteroatoms. The van der Waals surface area contributed by atoms with Crippen LogP contribution in [-0.4, -0.2) is 37.1 Å². The number of methoxy groups -OCH3 is 1. The van der Waals surface area contributed by atoms with Crippen LogP contribution in [0.5, 0.6) is 5.75 Å². The zero-order chi connectivity index (χ0) is 14.3. The van der Waals surface area contributed by atoms with Gasteiger partial charge in [0.25, 0.3) is 5.69 Å². The molecule has 0 spiro atoms. The zero-order valence-electron chi connectivity index (χ0n) is 11.5. The Kier molecular flexibility index (Phi) is 5.83. The first kappa shape index (κ1) is 15.0. The average molecular weight is 262 g/mol. The fourth-order valence-electron chi connectivity index (χ4n) is 1.63. The number of nitro groups is 1. The van der Waals surface area contributed by atoms with Gasteiger partial charge in [-0.1, -0.05) is 18.8 Å². The first-order chi connectivity index (χ1) is 9.08. The molecular formula is C14H18N2O3. The highest BCUT2D eigenvalue weighted by Crippen LogP contribution is 2.23. The SMILES string of the molecule is CCCN(C)CC#Cc1ccc([N+](=O)[O-])cc1OC. The van der Waals surface area contributed by atoms with E-state index in [9.17, 15) is 10.1 Å². The molecule has 0 amide bonds. The summed E-state index contributed by atoms with van der Waals surface area (Å²) in [6, 6.07) is 4.44. The molecule has 0 atom stereocenters. The van der Waals surface area contributed by atoms with E-state index in [0.717, 1.165) is 13.0 Å². The third-order valence-corrected chi connectivity index (χ3v) is 2.57. The van der Waals surface area contributed by atoms with Crippen molar-refractivity contribution >= 4 is 5.69 Å². The van der Waals surface area contributed by atoms with Crippen molar-refractivity contribution in [1.82, 2.24) is 4.90 Å². The van der Waals surface area contributed by atoms with Crippen molar-refractivity contribution in [3.63, 3.8) is 0 Å². The Morgan fingerprint density at radius 1 is 1.47 bits per heavy atom. The Morgan fingerprint density at radius 2 is 2.21 bits per heavy atom. The van der Waals surface area contributed by atoms with Gasteiger partial charge in [0.05, 0.1) is 30.2 Å². The number of hydrogen-bond donors (Lipinski definition) is 0. The molecule has 0 saturated carbocycles. The molecule has 0 fully saturated rings. The van der Waals surface area contributed by atoms with Crippen LogP contribution in [0.1, 0.15) is 18.9 Å². The van der Waals surface area contributed by atoms with Gasteiger partial charge in [0.2, 0.25) is 0 Å². The lowest BCUT2D eigenvalue weighted by Crippen LogP contribution is -2.19. The molecule has 0 bridgehead atoms. The minimum absolute atomic E-state index is 0.00509. The molecule has 102 valence electrons. The second-order valence-electron chi connectivity index (χ2n) is 4.18. The molecule has 19 heavy (non-hydrogen) atoms. The molecule has 0 aliphatic rings.